The van der Waals surface area contributed by atoms with Crippen LogP contribution in [-0.4, -0.2) is 24.5 Å². The SMILES string of the molecule is Cn1c(N)c(C(=O)Cn2cnc3scc(-c4ccccc4)c3c2=O)c(=O)n(C)c1=O. The van der Waals surface area contributed by atoms with Gasteiger partial charge in [0.1, 0.15) is 16.2 Å². The zero-order chi connectivity index (χ0) is 21.6. The van der Waals surface area contributed by atoms with Crippen molar-refractivity contribution in [3.8, 4) is 11.1 Å². The summed E-state index contributed by atoms with van der Waals surface area (Å²) in [5.74, 6) is -0.917. The molecule has 0 amide bonds. The van der Waals surface area contributed by atoms with E-state index in [1.54, 1.807) is 0 Å². The van der Waals surface area contributed by atoms with Crippen LogP contribution >= 0.6 is 11.3 Å². The number of carbonyl (C=O) groups is 1. The number of ketones is 1. The molecule has 0 saturated heterocycles. The highest BCUT2D eigenvalue weighted by molar-refractivity contribution is 7.17. The van der Waals surface area contributed by atoms with E-state index in [9.17, 15) is 19.2 Å². The molecule has 0 radical (unpaired) electrons. The number of nitrogen functional groups attached to an aromatic ring is 1. The predicted octanol–water partition coefficient (Wildman–Crippen LogP) is 0.987. The smallest absolute Gasteiger partial charge is 0.332 e. The van der Waals surface area contributed by atoms with Gasteiger partial charge in [-0.05, 0) is 5.56 Å². The van der Waals surface area contributed by atoms with E-state index >= 15 is 0 Å². The lowest BCUT2D eigenvalue weighted by Gasteiger charge is -2.11. The molecular weight excluding hydrogens is 406 g/mol. The minimum atomic E-state index is -0.803. The van der Waals surface area contributed by atoms with E-state index < -0.39 is 29.1 Å². The topological polar surface area (TPSA) is 122 Å². The molecule has 0 atom stereocenters. The molecule has 0 spiro atoms. The summed E-state index contributed by atoms with van der Waals surface area (Å²) < 4.78 is 2.97. The highest BCUT2D eigenvalue weighted by atomic mass is 32.1. The van der Waals surface area contributed by atoms with Gasteiger partial charge in [-0.2, -0.15) is 0 Å². The van der Waals surface area contributed by atoms with Gasteiger partial charge in [0.25, 0.3) is 11.1 Å². The monoisotopic (exact) mass is 423 g/mol. The van der Waals surface area contributed by atoms with Gasteiger partial charge in [-0.3, -0.25) is 28.1 Å². The minimum absolute atomic E-state index is 0.240. The van der Waals surface area contributed by atoms with Crippen LogP contribution in [0.4, 0.5) is 5.82 Å². The Morgan fingerprint density at radius 1 is 1.07 bits per heavy atom. The number of thiophene rings is 1. The molecule has 1 aromatic carbocycles. The summed E-state index contributed by atoms with van der Waals surface area (Å²) in [6.45, 7) is -0.427. The fraction of sp³-hybridized carbons (Fsp3) is 0.150. The Kier molecular flexibility index (Phi) is 4.70. The Morgan fingerprint density at radius 2 is 1.77 bits per heavy atom. The van der Waals surface area contributed by atoms with Crippen LogP contribution in [0.15, 0.2) is 56.4 Å². The maximum Gasteiger partial charge on any atom is 0.332 e. The van der Waals surface area contributed by atoms with Crippen LogP contribution in [0, 0.1) is 0 Å². The largest absolute Gasteiger partial charge is 0.384 e. The van der Waals surface area contributed by atoms with Gasteiger partial charge >= 0.3 is 5.69 Å². The maximum atomic E-state index is 13.1. The summed E-state index contributed by atoms with van der Waals surface area (Å²) in [5, 5.41) is 2.25. The molecule has 9 nitrogen and oxygen atoms in total. The third-order valence-electron chi connectivity index (χ3n) is 4.95. The van der Waals surface area contributed by atoms with E-state index in [0.29, 0.717) is 10.2 Å². The van der Waals surface area contributed by atoms with E-state index in [4.69, 9.17) is 5.73 Å². The van der Waals surface area contributed by atoms with Gasteiger partial charge in [0.15, 0.2) is 5.78 Å². The second kappa shape index (κ2) is 7.23. The van der Waals surface area contributed by atoms with Gasteiger partial charge < -0.3 is 5.73 Å². The Hall–Kier alpha value is -3.79. The van der Waals surface area contributed by atoms with Crippen LogP contribution in [0.3, 0.4) is 0 Å². The standard InChI is InChI=1S/C20H17N5O4S/c1-23-16(21)15(18(27)24(2)20(23)29)13(26)8-25-10-22-17-14(19(25)28)12(9-30-17)11-6-4-3-5-7-11/h3-7,9-10H,8,21H2,1-2H3. The molecule has 10 heteroatoms. The van der Waals surface area contributed by atoms with Gasteiger partial charge in [0.2, 0.25) is 0 Å². The lowest BCUT2D eigenvalue weighted by molar-refractivity contribution is 0.0968. The van der Waals surface area contributed by atoms with Gasteiger partial charge in [0.05, 0.1) is 18.3 Å². The first-order valence-corrected chi connectivity index (χ1v) is 9.80. The average Bonchev–Trinajstić information content (AvgIpc) is 3.18. The molecule has 0 bridgehead atoms. The summed E-state index contributed by atoms with van der Waals surface area (Å²) in [6.07, 6.45) is 1.27. The fourth-order valence-electron chi connectivity index (χ4n) is 3.27. The summed E-state index contributed by atoms with van der Waals surface area (Å²) >= 11 is 1.34. The molecule has 3 heterocycles. The Balaban J connectivity index is 1.82. The van der Waals surface area contributed by atoms with Crippen LogP contribution in [-0.2, 0) is 20.6 Å². The van der Waals surface area contributed by atoms with Crippen LogP contribution in [0.25, 0.3) is 21.3 Å². The van der Waals surface area contributed by atoms with E-state index in [1.807, 2.05) is 35.7 Å². The molecule has 3 aromatic heterocycles. The van der Waals surface area contributed by atoms with E-state index in [1.165, 1.54) is 31.8 Å². The van der Waals surface area contributed by atoms with Gasteiger partial charge in [0, 0.05) is 25.0 Å². The molecule has 0 saturated carbocycles. The van der Waals surface area contributed by atoms with Gasteiger partial charge in [-0.25, -0.2) is 9.78 Å². The van der Waals surface area contributed by atoms with E-state index in [2.05, 4.69) is 4.98 Å². The molecule has 0 aliphatic rings. The molecule has 0 unspecified atom stereocenters. The van der Waals surface area contributed by atoms with Crippen molar-refractivity contribution in [1.82, 2.24) is 18.7 Å². The van der Waals surface area contributed by atoms with Crippen LogP contribution in [0.5, 0.6) is 0 Å². The average molecular weight is 423 g/mol. The molecule has 0 fully saturated rings. The quantitative estimate of drug-likeness (QED) is 0.489. The highest BCUT2D eigenvalue weighted by Crippen LogP contribution is 2.30. The zero-order valence-electron chi connectivity index (χ0n) is 16.2. The number of fused-ring (bicyclic) bond motifs is 1. The third-order valence-corrected chi connectivity index (χ3v) is 5.83. The first-order chi connectivity index (χ1) is 14.3. The van der Waals surface area contributed by atoms with Crippen LogP contribution < -0.4 is 22.5 Å². The number of hydrogen-bond donors (Lipinski definition) is 1. The summed E-state index contributed by atoms with van der Waals surface area (Å²) in [6, 6.07) is 9.40. The lowest BCUT2D eigenvalue weighted by Crippen LogP contribution is -2.42. The minimum Gasteiger partial charge on any atom is -0.384 e. The molecule has 2 N–H and O–H groups in total. The normalized spacial score (nSPS) is 11.1. The summed E-state index contributed by atoms with van der Waals surface area (Å²) in [4.78, 5) is 55.2. The first kappa shape index (κ1) is 19.5. The fourth-order valence-corrected chi connectivity index (χ4v) is 4.17. The Morgan fingerprint density at radius 3 is 2.47 bits per heavy atom. The third kappa shape index (κ3) is 2.98. The molecule has 4 aromatic rings. The second-order valence-corrected chi connectivity index (χ2v) is 7.62. The van der Waals surface area contributed by atoms with Gasteiger partial charge in [-0.15, -0.1) is 11.3 Å². The van der Waals surface area contributed by atoms with Crippen molar-refractivity contribution in [2.24, 2.45) is 14.1 Å². The number of anilines is 1. The summed E-state index contributed by atoms with van der Waals surface area (Å²) in [7, 11) is 2.63. The van der Waals surface area contributed by atoms with Crippen LogP contribution in [0.2, 0.25) is 0 Å². The Labute approximate surface area is 173 Å². The Bertz CT molecular complexity index is 1480. The van der Waals surface area contributed by atoms with Crippen molar-refractivity contribution in [2.45, 2.75) is 6.54 Å². The van der Waals surface area contributed by atoms with Crippen molar-refractivity contribution < 1.29 is 4.79 Å². The first-order valence-electron chi connectivity index (χ1n) is 8.92. The molecule has 30 heavy (non-hydrogen) atoms. The van der Waals surface area contributed by atoms with E-state index in [0.717, 1.165) is 24.8 Å². The van der Waals surface area contributed by atoms with Crippen molar-refractivity contribution in [3.05, 3.63) is 78.8 Å². The molecule has 4 rings (SSSR count). The molecular formula is C20H17N5O4S. The molecule has 0 aliphatic heterocycles. The molecule has 152 valence electrons. The number of Topliss-reactive ketones (excluding diaryl/α,β-unsaturated/α-hetero) is 1. The molecule has 0 aliphatic carbocycles. The van der Waals surface area contributed by atoms with Crippen LogP contribution in [0.1, 0.15) is 10.4 Å². The number of nitrogens with two attached hydrogens (primary N) is 1. The number of carbonyl (C=O) groups excluding carboxylic acids is 1. The lowest BCUT2D eigenvalue weighted by atomic mass is 10.1. The predicted molar refractivity (Wildman–Crippen MR) is 115 cm³/mol. The summed E-state index contributed by atoms with van der Waals surface area (Å²) in [5.41, 5.74) is 5.27. The second-order valence-electron chi connectivity index (χ2n) is 6.76. The van der Waals surface area contributed by atoms with Gasteiger partial charge in [-0.1, -0.05) is 30.3 Å². The van der Waals surface area contributed by atoms with Crippen molar-refractivity contribution in [3.63, 3.8) is 0 Å². The number of benzene rings is 1. The number of rotatable bonds is 4. The van der Waals surface area contributed by atoms with Crippen molar-refractivity contribution in [2.75, 3.05) is 5.73 Å². The maximum absolute atomic E-state index is 13.1. The van der Waals surface area contributed by atoms with Crippen molar-refractivity contribution >= 4 is 33.2 Å². The number of hydrogen-bond acceptors (Lipinski definition) is 7. The van der Waals surface area contributed by atoms with E-state index in [-0.39, 0.29) is 11.4 Å². The van der Waals surface area contributed by atoms with Crippen molar-refractivity contribution in [1.29, 1.82) is 0 Å². The zero-order valence-corrected chi connectivity index (χ0v) is 17.0. The number of aromatic nitrogens is 4. The highest BCUT2D eigenvalue weighted by Gasteiger charge is 2.22. The number of nitrogens with zero attached hydrogens (tertiary/aromatic N) is 4.